The van der Waals surface area contributed by atoms with Crippen LogP contribution in [0.5, 0.6) is 0 Å². The molecule has 0 aliphatic carbocycles. The van der Waals surface area contributed by atoms with E-state index in [1.807, 2.05) is 7.05 Å². The van der Waals surface area contributed by atoms with Crippen LogP contribution in [-0.2, 0) is 7.05 Å². The molecule has 0 saturated heterocycles. The van der Waals surface area contributed by atoms with Crippen LogP contribution in [0.25, 0.3) is 0 Å². The molecular weight excluding hydrogens is 142 g/mol. The monoisotopic (exact) mass is 155 g/mol. The topological polar surface area (TPSA) is 55.6 Å². The van der Waals surface area contributed by atoms with E-state index < -0.39 is 0 Å². The summed E-state index contributed by atoms with van der Waals surface area (Å²) in [5.74, 6) is 0.762. The van der Waals surface area contributed by atoms with Gasteiger partial charge in [-0.15, -0.1) is 10.2 Å². The molecule has 1 N–H and O–H groups in total. The lowest BCUT2D eigenvalue weighted by atomic mass is 10.2. The highest BCUT2D eigenvalue weighted by molar-refractivity contribution is 4.87. The molecule has 0 aliphatic heterocycles. The molecular formula is C6H13N5. The van der Waals surface area contributed by atoms with Crippen LogP contribution < -0.4 is 5.32 Å². The smallest absolute Gasteiger partial charge is 0.191 e. The molecule has 1 heterocycles. The Hall–Kier alpha value is -0.970. The predicted molar refractivity (Wildman–Crippen MR) is 40.9 cm³/mol. The summed E-state index contributed by atoms with van der Waals surface area (Å²) in [6, 6.07) is 0.226. The average molecular weight is 155 g/mol. The molecule has 62 valence electrons. The zero-order valence-corrected chi connectivity index (χ0v) is 7.07. The van der Waals surface area contributed by atoms with E-state index in [2.05, 4.69) is 27.7 Å². The Kier molecular flexibility index (Phi) is 2.53. The number of rotatable bonds is 3. The molecule has 0 fully saturated rings. The van der Waals surface area contributed by atoms with E-state index >= 15 is 0 Å². The minimum Gasteiger partial charge on any atom is -0.310 e. The summed E-state index contributed by atoms with van der Waals surface area (Å²) in [5, 5.41) is 14.8. The Morgan fingerprint density at radius 2 is 2.36 bits per heavy atom. The van der Waals surface area contributed by atoms with Crippen molar-refractivity contribution in [2.75, 3.05) is 7.05 Å². The lowest BCUT2D eigenvalue weighted by molar-refractivity contribution is 0.538. The third kappa shape index (κ3) is 1.74. The highest BCUT2D eigenvalue weighted by Gasteiger charge is 2.11. The van der Waals surface area contributed by atoms with Crippen molar-refractivity contribution < 1.29 is 0 Å². The first kappa shape index (κ1) is 8.13. The molecule has 5 heteroatoms. The second-order valence-corrected chi connectivity index (χ2v) is 2.39. The molecule has 5 nitrogen and oxygen atoms in total. The van der Waals surface area contributed by atoms with Gasteiger partial charge in [0, 0.05) is 0 Å². The summed E-state index contributed by atoms with van der Waals surface area (Å²) in [7, 11) is 3.66. The van der Waals surface area contributed by atoms with Gasteiger partial charge < -0.3 is 5.32 Å². The summed E-state index contributed by atoms with van der Waals surface area (Å²) in [6.07, 6.45) is 0.974. The normalized spacial score (nSPS) is 13.4. The second-order valence-electron chi connectivity index (χ2n) is 2.39. The molecule has 0 saturated carbocycles. The van der Waals surface area contributed by atoms with Gasteiger partial charge in [-0.2, -0.15) is 4.80 Å². The number of hydrogen-bond acceptors (Lipinski definition) is 4. The van der Waals surface area contributed by atoms with E-state index in [1.54, 1.807) is 7.05 Å². The molecule has 1 rings (SSSR count). The quantitative estimate of drug-likeness (QED) is 0.661. The van der Waals surface area contributed by atoms with Gasteiger partial charge in [0.1, 0.15) is 0 Å². The van der Waals surface area contributed by atoms with Crippen molar-refractivity contribution in [3.63, 3.8) is 0 Å². The molecule has 0 radical (unpaired) electrons. The first-order chi connectivity index (χ1) is 5.27. The van der Waals surface area contributed by atoms with Crippen LogP contribution in [0.15, 0.2) is 0 Å². The van der Waals surface area contributed by atoms with Gasteiger partial charge >= 0.3 is 0 Å². The summed E-state index contributed by atoms with van der Waals surface area (Å²) < 4.78 is 0. The van der Waals surface area contributed by atoms with Gasteiger partial charge in [-0.25, -0.2) is 0 Å². The van der Waals surface area contributed by atoms with Crippen LogP contribution in [0.2, 0.25) is 0 Å². The number of hydrogen-bond donors (Lipinski definition) is 1. The van der Waals surface area contributed by atoms with Gasteiger partial charge in [-0.3, -0.25) is 0 Å². The van der Waals surface area contributed by atoms with Crippen molar-refractivity contribution >= 4 is 0 Å². The molecule has 1 atom stereocenters. The third-order valence-corrected chi connectivity index (χ3v) is 1.59. The number of aromatic nitrogens is 4. The molecule has 0 spiro atoms. The van der Waals surface area contributed by atoms with Gasteiger partial charge in [0.2, 0.25) is 0 Å². The van der Waals surface area contributed by atoms with Crippen LogP contribution in [0, 0.1) is 0 Å². The standard InChI is InChI=1S/C6H13N5/c1-4-5(7-2)6-8-10-11(3)9-6/h5,7H,4H2,1-3H3. The second kappa shape index (κ2) is 3.43. The van der Waals surface area contributed by atoms with E-state index in [0.29, 0.717) is 0 Å². The minimum absolute atomic E-state index is 0.226. The van der Waals surface area contributed by atoms with Crippen molar-refractivity contribution in [1.29, 1.82) is 0 Å². The summed E-state index contributed by atoms with van der Waals surface area (Å²) in [5.41, 5.74) is 0. The Bertz CT molecular complexity index is 215. The van der Waals surface area contributed by atoms with Crippen molar-refractivity contribution in [3.8, 4) is 0 Å². The first-order valence-electron chi connectivity index (χ1n) is 3.69. The van der Waals surface area contributed by atoms with Crippen LogP contribution in [0.4, 0.5) is 0 Å². The Balaban J connectivity index is 2.73. The largest absolute Gasteiger partial charge is 0.310 e. The maximum Gasteiger partial charge on any atom is 0.191 e. The summed E-state index contributed by atoms with van der Waals surface area (Å²) >= 11 is 0. The first-order valence-corrected chi connectivity index (χ1v) is 3.69. The lowest BCUT2D eigenvalue weighted by Gasteiger charge is -2.06. The van der Waals surface area contributed by atoms with Gasteiger partial charge in [0.05, 0.1) is 13.1 Å². The molecule has 11 heavy (non-hydrogen) atoms. The minimum atomic E-state index is 0.226. The fourth-order valence-electron chi connectivity index (χ4n) is 0.954. The van der Waals surface area contributed by atoms with Gasteiger partial charge in [0.15, 0.2) is 5.82 Å². The van der Waals surface area contributed by atoms with Crippen LogP contribution in [-0.4, -0.2) is 27.3 Å². The summed E-state index contributed by atoms with van der Waals surface area (Å²) in [6.45, 7) is 2.08. The Morgan fingerprint density at radius 3 is 2.73 bits per heavy atom. The van der Waals surface area contributed by atoms with E-state index in [9.17, 15) is 0 Å². The van der Waals surface area contributed by atoms with E-state index in [0.717, 1.165) is 12.2 Å². The maximum absolute atomic E-state index is 4.08. The fourth-order valence-corrected chi connectivity index (χ4v) is 0.954. The van der Waals surface area contributed by atoms with E-state index in [4.69, 9.17) is 0 Å². The highest BCUT2D eigenvalue weighted by Crippen LogP contribution is 2.07. The van der Waals surface area contributed by atoms with Crippen molar-refractivity contribution in [1.82, 2.24) is 25.5 Å². The molecule has 0 aromatic carbocycles. The van der Waals surface area contributed by atoms with E-state index in [-0.39, 0.29) is 6.04 Å². The zero-order chi connectivity index (χ0) is 8.27. The predicted octanol–water partition coefficient (Wildman–Crippen LogP) is -0.119. The van der Waals surface area contributed by atoms with Crippen LogP contribution in [0.1, 0.15) is 25.2 Å². The van der Waals surface area contributed by atoms with Gasteiger partial charge in [-0.05, 0) is 18.7 Å². The molecule has 0 bridgehead atoms. The number of nitrogens with one attached hydrogen (secondary N) is 1. The molecule has 1 aromatic heterocycles. The number of nitrogens with zero attached hydrogens (tertiary/aromatic N) is 4. The van der Waals surface area contributed by atoms with Crippen molar-refractivity contribution in [2.45, 2.75) is 19.4 Å². The van der Waals surface area contributed by atoms with Crippen molar-refractivity contribution in [3.05, 3.63) is 5.82 Å². The van der Waals surface area contributed by atoms with Crippen LogP contribution >= 0.6 is 0 Å². The lowest BCUT2D eigenvalue weighted by Crippen LogP contribution is -2.16. The van der Waals surface area contributed by atoms with E-state index in [1.165, 1.54) is 4.80 Å². The van der Waals surface area contributed by atoms with Crippen LogP contribution in [0.3, 0.4) is 0 Å². The molecule has 1 aromatic rings. The number of aryl methyl sites for hydroxylation is 1. The maximum atomic E-state index is 4.08. The summed E-state index contributed by atoms with van der Waals surface area (Å²) in [4.78, 5) is 1.47. The fraction of sp³-hybridized carbons (Fsp3) is 0.833. The third-order valence-electron chi connectivity index (χ3n) is 1.59. The van der Waals surface area contributed by atoms with Gasteiger partial charge in [0.25, 0.3) is 0 Å². The number of tetrazole rings is 1. The van der Waals surface area contributed by atoms with Gasteiger partial charge in [-0.1, -0.05) is 6.92 Å². The molecule has 0 aliphatic rings. The molecule has 1 unspecified atom stereocenters. The van der Waals surface area contributed by atoms with Crippen molar-refractivity contribution in [2.24, 2.45) is 7.05 Å². The Morgan fingerprint density at radius 1 is 1.64 bits per heavy atom. The zero-order valence-electron chi connectivity index (χ0n) is 7.07. The SMILES string of the molecule is CCC(NC)c1nnn(C)n1. The average Bonchev–Trinajstić information content (AvgIpc) is 2.39. The highest BCUT2D eigenvalue weighted by atomic mass is 15.6. The Labute approximate surface area is 65.8 Å². The molecule has 0 amide bonds.